The van der Waals surface area contributed by atoms with E-state index in [0.717, 1.165) is 25.9 Å². The summed E-state index contributed by atoms with van der Waals surface area (Å²) in [6.45, 7) is 1.43. The molecule has 0 saturated carbocycles. The average molecular weight is 239 g/mol. The first-order valence-electron chi connectivity index (χ1n) is 5.76. The second kappa shape index (κ2) is 5.39. The Labute approximate surface area is 99.6 Å². The van der Waals surface area contributed by atoms with Crippen LogP contribution < -0.4 is 4.90 Å². The van der Waals surface area contributed by atoms with Crippen LogP contribution in [0.5, 0.6) is 0 Å². The van der Waals surface area contributed by atoms with Crippen LogP contribution in [-0.2, 0) is 0 Å². The molecule has 3 N–H and O–H groups in total. The van der Waals surface area contributed by atoms with Crippen molar-refractivity contribution in [2.24, 2.45) is 0 Å². The van der Waals surface area contributed by atoms with Gasteiger partial charge in [-0.2, -0.15) is 0 Å². The minimum Gasteiger partial charge on any atom is -0.394 e. The van der Waals surface area contributed by atoms with Gasteiger partial charge in [0.15, 0.2) is 0 Å². The zero-order valence-electron chi connectivity index (χ0n) is 9.53. The lowest BCUT2D eigenvalue weighted by atomic mass is 10.1. The quantitative estimate of drug-likeness (QED) is 0.654. The van der Waals surface area contributed by atoms with Crippen molar-refractivity contribution < 1.29 is 15.3 Å². The standard InChI is InChI=1S/C11H17N3O3/c15-7-9(16)10(17)8-5-12-11(13-6-8)14-3-1-2-4-14/h5-6,9-10,15-17H,1-4,7H2. The lowest BCUT2D eigenvalue weighted by Gasteiger charge is -2.17. The molecule has 6 heteroatoms. The average Bonchev–Trinajstić information content (AvgIpc) is 2.91. The number of aromatic nitrogens is 2. The largest absolute Gasteiger partial charge is 0.394 e. The minimum absolute atomic E-state index is 0.412. The maximum absolute atomic E-state index is 9.64. The first-order chi connectivity index (χ1) is 8.22. The van der Waals surface area contributed by atoms with Gasteiger partial charge >= 0.3 is 0 Å². The van der Waals surface area contributed by atoms with Gasteiger partial charge in [0.25, 0.3) is 0 Å². The van der Waals surface area contributed by atoms with E-state index in [9.17, 15) is 10.2 Å². The second-order valence-electron chi connectivity index (χ2n) is 4.21. The fraction of sp³-hybridized carbons (Fsp3) is 0.636. The van der Waals surface area contributed by atoms with E-state index in [2.05, 4.69) is 14.9 Å². The number of aliphatic hydroxyl groups excluding tert-OH is 3. The van der Waals surface area contributed by atoms with Gasteiger partial charge in [0, 0.05) is 31.0 Å². The maximum Gasteiger partial charge on any atom is 0.225 e. The Bertz CT molecular complexity index is 351. The summed E-state index contributed by atoms with van der Waals surface area (Å²) in [4.78, 5) is 10.4. The molecule has 2 rings (SSSR count). The lowest BCUT2D eigenvalue weighted by molar-refractivity contribution is -0.0155. The van der Waals surface area contributed by atoms with Crippen LogP contribution in [0.25, 0.3) is 0 Å². The highest BCUT2D eigenvalue weighted by Gasteiger charge is 2.19. The van der Waals surface area contributed by atoms with Gasteiger partial charge in [-0.25, -0.2) is 9.97 Å². The Morgan fingerprint density at radius 3 is 2.29 bits per heavy atom. The van der Waals surface area contributed by atoms with Crippen molar-refractivity contribution in [1.82, 2.24) is 9.97 Å². The van der Waals surface area contributed by atoms with Crippen LogP contribution in [0.4, 0.5) is 5.95 Å². The van der Waals surface area contributed by atoms with Gasteiger partial charge in [0.05, 0.1) is 6.61 Å². The Balaban J connectivity index is 2.06. The smallest absolute Gasteiger partial charge is 0.225 e. The van der Waals surface area contributed by atoms with E-state index >= 15 is 0 Å². The molecule has 1 saturated heterocycles. The third-order valence-corrected chi connectivity index (χ3v) is 2.94. The fourth-order valence-corrected chi connectivity index (χ4v) is 1.89. The predicted octanol–water partition coefficient (Wildman–Crippen LogP) is -0.537. The van der Waals surface area contributed by atoms with E-state index in [1.54, 1.807) is 0 Å². The van der Waals surface area contributed by atoms with Gasteiger partial charge in [-0.1, -0.05) is 0 Å². The van der Waals surface area contributed by atoms with Crippen molar-refractivity contribution in [3.05, 3.63) is 18.0 Å². The van der Waals surface area contributed by atoms with Crippen LogP contribution in [0.2, 0.25) is 0 Å². The van der Waals surface area contributed by atoms with Crippen LogP contribution in [0.1, 0.15) is 24.5 Å². The highest BCUT2D eigenvalue weighted by Crippen LogP contribution is 2.18. The molecule has 2 unspecified atom stereocenters. The Morgan fingerprint density at radius 1 is 1.18 bits per heavy atom. The van der Waals surface area contributed by atoms with Gasteiger partial charge in [0.2, 0.25) is 5.95 Å². The van der Waals surface area contributed by atoms with Crippen molar-refractivity contribution >= 4 is 5.95 Å². The van der Waals surface area contributed by atoms with E-state index in [0.29, 0.717) is 11.5 Å². The highest BCUT2D eigenvalue weighted by molar-refractivity contribution is 5.31. The first kappa shape index (κ1) is 12.2. The van der Waals surface area contributed by atoms with Crippen LogP contribution in [0, 0.1) is 0 Å². The summed E-state index contributed by atoms with van der Waals surface area (Å²) in [6.07, 6.45) is 2.94. The summed E-state index contributed by atoms with van der Waals surface area (Å²) in [7, 11) is 0. The number of hydrogen-bond donors (Lipinski definition) is 3. The van der Waals surface area contributed by atoms with E-state index in [4.69, 9.17) is 5.11 Å². The molecule has 0 aliphatic carbocycles. The number of rotatable bonds is 4. The van der Waals surface area contributed by atoms with Crippen molar-refractivity contribution in [2.75, 3.05) is 24.6 Å². The molecule has 94 valence electrons. The summed E-state index contributed by atoms with van der Waals surface area (Å²) in [6, 6.07) is 0. The number of nitrogens with zero attached hydrogens (tertiary/aromatic N) is 3. The first-order valence-corrected chi connectivity index (χ1v) is 5.76. The minimum atomic E-state index is -1.20. The monoisotopic (exact) mass is 239 g/mol. The molecule has 1 aliphatic heterocycles. The topological polar surface area (TPSA) is 89.7 Å². The molecule has 1 fully saturated rings. The van der Waals surface area contributed by atoms with Crippen molar-refractivity contribution in [3.63, 3.8) is 0 Å². The predicted molar refractivity (Wildman–Crippen MR) is 61.5 cm³/mol. The molecule has 0 bridgehead atoms. The molecular formula is C11H17N3O3. The summed E-state index contributed by atoms with van der Waals surface area (Å²) in [5, 5.41) is 27.7. The molecule has 1 aromatic heterocycles. The molecule has 1 aliphatic rings. The fourth-order valence-electron chi connectivity index (χ4n) is 1.89. The molecular weight excluding hydrogens is 222 g/mol. The Morgan fingerprint density at radius 2 is 1.76 bits per heavy atom. The molecule has 0 spiro atoms. The zero-order valence-corrected chi connectivity index (χ0v) is 9.53. The third-order valence-electron chi connectivity index (χ3n) is 2.94. The summed E-state index contributed by atoms with van der Waals surface area (Å²) in [5.41, 5.74) is 0.412. The van der Waals surface area contributed by atoms with Gasteiger partial charge in [0.1, 0.15) is 12.2 Å². The number of aliphatic hydroxyl groups is 3. The van der Waals surface area contributed by atoms with Crippen LogP contribution >= 0.6 is 0 Å². The second-order valence-corrected chi connectivity index (χ2v) is 4.21. The Kier molecular flexibility index (Phi) is 3.88. The highest BCUT2D eigenvalue weighted by atomic mass is 16.4. The van der Waals surface area contributed by atoms with E-state index in [1.807, 2.05) is 0 Å². The lowest BCUT2D eigenvalue weighted by Crippen LogP contribution is -2.23. The molecule has 1 aromatic rings. The van der Waals surface area contributed by atoms with Gasteiger partial charge in [-0.3, -0.25) is 0 Å². The molecule has 2 heterocycles. The van der Waals surface area contributed by atoms with Crippen LogP contribution in [-0.4, -0.2) is 51.1 Å². The zero-order chi connectivity index (χ0) is 12.3. The summed E-state index contributed by atoms with van der Waals surface area (Å²) < 4.78 is 0. The number of hydrogen-bond acceptors (Lipinski definition) is 6. The van der Waals surface area contributed by atoms with Crippen molar-refractivity contribution in [2.45, 2.75) is 25.0 Å². The van der Waals surface area contributed by atoms with Gasteiger partial charge in [-0.05, 0) is 12.8 Å². The van der Waals surface area contributed by atoms with E-state index in [-0.39, 0.29) is 0 Å². The molecule has 0 radical (unpaired) electrons. The normalized spacial score (nSPS) is 19.4. The summed E-state index contributed by atoms with van der Waals surface area (Å²) >= 11 is 0. The maximum atomic E-state index is 9.64. The summed E-state index contributed by atoms with van der Waals surface area (Å²) in [5.74, 6) is 0.650. The van der Waals surface area contributed by atoms with Gasteiger partial charge < -0.3 is 20.2 Å². The van der Waals surface area contributed by atoms with Crippen molar-refractivity contribution in [3.8, 4) is 0 Å². The van der Waals surface area contributed by atoms with Crippen molar-refractivity contribution in [1.29, 1.82) is 0 Å². The molecule has 0 aromatic carbocycles. The SMILES string of the molecule is OCC(O)C(O)c1cnc(N2CCCC2)nc1. The van der Waals surface area contributed by atoms with E-state index < -0.39 is 18.8 Å². The third kappa shape index (κ3) is 2.71. The molecule has 17 heavy (non-hydrogen) atoms. The molecule has 6 nitrogen and oxygen atoms in total. The Hall–Kier alpha value is -1.24. The molecule has 2 atom stereocenters. The number of anilines is 1. The van der Waals surface area contributed by atoms with Crippen LogP contribution in [0.15, 0.2) is 12.4 Å². The molecule has 0 amide bonds. The van der Waals surface area contributed by atoms with Crippen LogP contribution in [0.3, 0.4) is 0 Å². The van der Waals surface area contributed by atoms with Gasteiger partial charge in [-0.15, -0.1) is 0 Å². The van der Waals surface area contributed by atoms with E-state index in [1.165, 1.54) is 12.4 Å².